The van der Waals surface area contributed by atoms with E-state index in [1.807, 2.05) is 0 Å². The number of carbonyl (C=O) groups is 1. The second-order valence-electron chi connectivity index (χ2n) is 6.72. The number of rotatable bonds is 13. The van der Waals surface area contributed by atoms with Crippen LogP contribution in [0.4, 0.5) is 23.5 Å². The minimum Gasteiger partial charge on any atom is -0.478 e. The second-order valence-corrected chi connectivity index (χ2v) is 10.4. The number of benzene rings is 1. The van der Waals surface area contributed by atoms with E-state index in [1.165, 1.54) is 31.2 Å². The summed E-state index contributed by atoms with van der Waals surface area (Å²) in [5.74, 6) is -1.47. The van der Waals surface area contributed by atoms with Crippen LogP contribution >= 0.6 is 0 Å². The van der Waals surface area contributed by atoms with Gasteiger partial charge in [-0.25, -0.2) is 17.9 Å². The molecule has 0 bridgehead atoms. The maximum Gasteiger partial charge on any atom is 0.335 e. The van der Waals surface area contributed by atoms with Crippen molar-refractivity contribution in [1.82, 2.24) is 19.7 Å². The van der Waals surface area contributed by atoms with Gasteiger partial charge in [-0.2, -0.15) is 23.4 Å². The number of carboxylic acids is 1. The lowest BCUT2D eigenvalue weighted by molar-refractivity contribution is 0.0697. The molecule has 1 aromatic heterocycles. The number of hydrogen-bond donors (Lipinski definition) is 5. The molecule has 5 N–H and O–H groups in total. The highest BCUT2D eigenvalue weighted by Crippen LogP contribution is 2.18. The smallest absolute Gasteiger partial charge is 0.335 e. The van der Waals surface area contributed by atoms with Crippen molar-refractivity contribution >= 4 is 49.6 Å². The Kier molecular flexibility index (Phi) is 8.86. The molecule has 0 radical (unpaired) electrons. The summed E-state index contributed by atoms with van der Waals surface area (Å²) in [5, 5.41) is 14.6. The molecule has 0 aliphatic carbocycles. The van der Waals surface area contributed by atoms with Crippen LogP contribution in [0.2, 0.25) is 0 Å². The number of hydrogen-bond acceptors (Lipinski definition) is 11. The molecule has 0 spiro atoms. The second kappa shape index (κ2) is 11.2. The first-order chi connectivity index (χ1) is 15.4. The predicted molar refractivity (Wildman–Crippen MR) is 122 cm³/mol. The van der Waals surface area contributed by atoms with Crippen molar-refractivity contribution < 1.29 is 31.3 Å². The fourth-order valence-corrected chi connectivity index (χ4v) is 3.32. The number of nitrogens with zero attached hydrogens (tertiary/aromatic N) is 4. The summed E-state index contributed by atoms with van der Waals surface area (Å²) < 4.78 is 56.4. The Balaban J connectivity index is 2.22. The highest BCUT2D eigenvalue weighted by Gasteiger charge is 2.13. The Morgan fingerprint density at radius 2 is 1.67 bits per heavy atom. The van der Waals surface area contributed by atoms with E-state index in [0.29, 0.717) is 5.69 Å². The summed E-state index contributed by atoms with van der Waals surface area (Å²) in [6.07, 6.45) is 0. The number of aromatic nitrogens is 3. The van der Waals surface area contributed by atoms with Crippen LogP contribution < -0.4 is 20.3 Å². The molecule has 33 heavy (non-hydrogen) atoms. The van der Waals surface area contributed by atoms with Crippen LogP contribution in [0.1, 0.15) is 17.3 Å². The molecule has 0 aliphatic heterocycles. The van der Waals surface area contributed by atoms with E-state index in [1.54, 1.807) is 11.9 Å². The molecular formula is C17H25N7O7S2. The van der Waals surface area contributed by atoms with Crippen molar-refractivity contribution in [2.45, 2.75) is 6.92 Å². The monoisotopic (exact) mass is 503 g/mol. The standard InChI is InChI=1S/C17H25N7O7S2/c1-3-32(27,28)19-8-10-24(2)17-22-15(18-9-11-33(29,30)31)21-16(23-17)20-13-6-4-12(5-7-13)14(25)26/h4-7,19H,3,8-11H2,1-2H3,(H,25,26)(H,29,30,31)(H2,18,20,21,22,23). The average molecular weight is 504 g/mol. The summed E-state index contributed by atoms with van der Waals surface area (Å²) in [7, 11) is -5.93. The maximum atomic E-state index is 11.6. The zero-order valence-electron chi connectivity index (χ0n) is 17.9. The number of likely N-dealkylation sites (N-methyl/N-ethyl adjacent to an activating group) is 1. The SMILES string of the molecule is CCS(=O)(=O)NCCN(C)c1nc(NCCS(=O)(=O)O)nc(Nc2ccc(C(=O)O)cc2)n1. The third-order valence-electron chi connectivity index (χ3n) is 4.15. The molecule has 0 saturated heterocycles. The highest BCUT2D eigenvalue weighted by molar-refractivity contribution is 7.89. The maximum absolute atomic E-state index is 11.6. The van der Waals surface area contributed by atoms with Crippen molar-refractivity contribution in [3.05, 3.63) is 29.8 Å². The molecule has 2 rings (SSSR count). The lowest BCUT2D eigenvalue weighted by Gasteiger charge is -2.19. The molecule has 2 aromatic rings. The van der Waals surface area contributed by atoms with E-state index in [4.69, 9.17) is 9.66 Å². The zero-order valence-corrected chi connectivity index (χ0v) is 19.5. The van der Waals surface area contributed by atoms with Crippen molar-refractivity contribution in [1.29, 1.82) is 0 Å². The first kappa shape index (κ1) is 26.2. The lowest BCUT2D eigenvalue weighted by Crippen LogP contribution is -2.34. The highest BCUT2D eigenvalue weighted by atomic mass is 32.2. The number of anilines is 4. The molecule has 1 heterocycles. The number of carboxylic acid groups (broad SMARTS) is 1. The number of nitrogens with one attached hydrogen (secondary N) is 3. The Morgan fingerprint density at radius 1 is 1.03 bits per heavy atom. The van der Waals surface area contributed by atoms with Gasteiger partial charge >= 0.3 is 5.97 Å². The molecule has 0 amide bonds. The third kappa shape index (κ3) is 9.13. The van der Waals surface area contributed by atoms with Gasteiger partial charge in [0.2, 0.25) is 27.9 Å². The van der Waals surface area contributed by atoms with Gasteiger partial charge < -0.3 is 20.6 Å². The molecule has 16 heteroatoms. The number of aromatic carboxylic acids is 1. The van der Waals surface area contributed by atoms with Gasteiger partial charge in [0, 0.05) is 32.4 Å². The van der Waals surface area contributed by atoms with Gasteiger partial charge in [0.1, 0.15) is 0 Å². The van der Waals surface area contributed by atoms with Crippen molar-refractivity contribution in [3.8, 4) is 0 Å². The number of sulfonamides is 1. The summed E-state index contributed by atoms with van der Waals surface area (Å²) >= 11 is 0. The van der Waals surface area contributed by atoms with Gasteiger partial charge in [-0.3, -0.25) is 4.55 Å². The van der Waals surface area contributed by atoms with Gasteiger partial charge in [0.25, 0.3) is 10.1 Å². The van der Waals surface area contributed by atoms with Gasteiger partial charge in [-0.15, -0.1) is 0 Å². The van der Waals surface area contributed by atoms with Crippen LogP contribution in [-0.4, -0.2) is 85.6 Å². The van der Waals surface area contributed by atoms with Gasteiger partial charge in [-0.05, 0) is 31.2 Å². The van der Waals surface area contributed by atoms with E-state index >= 15 is 0 Å². The van der Waals surface area contributed by atoms with Crippen molar-refractivity contribution in [2.24, 2.45) is 0 Å². The van der Waals surface area contributed by atoms with E-state index < -0.39 is 31.9 Å². The summed E-state index contributed by atoms with van der Waals surface area (Å²) in [4.78, 5) is 25.2. The van der Waals surface area contributed by atoms with Gasteiger partial charge in [0.15, 0.2) is 0 Å². The minimum atomic E-state index is -4.19. The topological polar surface area (TPSA) is 204 Å². The fourth-order valence-electron chi connectivity index (χ4n) is 2.36. The van der Waals surface area contributed by atoms with Crippen LogP contribution in [-0.2, 0) is 20.1 Å². The van der Waals surface area contributed by atoms with Gasteiger partial charge in [-0.1, -0.05) is 0 Å². The predicted octanol–water partition coefficient (Wildman–Crippen LogP) is -0.0114. The Hall–Kier alpha value is -3.08. The van der Waals surface area contributed by atoms with Crippen LogP contribution in [0.15, 0.2) is 24.3 Å². The molecule has 0 fully saturated rings. The molecular weight excluding hydrogens is 478 g/mol. The summed E-state index contributed by atoms with van der Waals surface area (Å²) in [6.45, 7) is 1.67. The quantitative estimate of drug-likeness (QED) is 0.228. The summed E-state index contributed by atoms with van der Waals surface area (Å²) in [5.41, 5.74) is 0.582. The van der Waals surface area contributed by atoms with Crippen LogP contribution in [0.5, 0.6) is 0 Å². The Bertz CT molecular complexity index is 1170. The fraction of sp³-hybridized carbons (Fsp3) is 0.412. The molecule has 0 saturated carbocycles. The van der Waals surface area contributed by atoms with E-state index in [9.17, 15) is 21.6 Å². The molecule has 1 aromatic carbocycles. The van der Waals surface area contributed by atoms with E-state index in [-0.39, 0.29) is 48.8 Å². The molecule has 14 nitrogen and oxygen atoms in total. The largest absolute Gasteiger partial charge is 0.478 e. The minimum absolute atomic E-state index is 0.00861. The van der Waals surface area contributed by atoms with Crippen molar-refractivity contribution in [3.63, 3.8) is 0 Å². The Morgan fingerprint density at radius 3 is 2.24 bits per heavy atom. The third-order valence-corrected chi connectivity index (χ3v) is 6.27. The van der Waals surface area contributed by atoms with Crippen molar-refractivity contribution in [2.75, 3.05) is 53.7 Å². The molecule has 0 aliphatic rings. The first-order valence-electron chi connectivity index (χ1n) is 9.62. The molecule has 0 atom stereocenters. The molecule has 0 unspecified atom stereocenters. The van der Waals surface area contributed by atoms with E-state index in [2.05, 4.69) is 30.3 Å². The zero-order chi connectivity index (χ0) is 24.6. The van der Waals surface area contributed by atoms with Crippen LogP contribution in [0.3, 0.4) is 0 Å². The summed E-state index contributed by atoms with van der Waals surface area (Å²) in [6, 6.07) is 5.82. The first-order valence-corrected chi connectivity index (χ1v) is 12.9. The lowest BCUT2D eigenvalue weighted by atomic mass is 10.2. The molecule has 182 valence electrons. The Labute approximate surface area is 191 Å². The van der Waals surface area contributed by atoms with Crippen LogP contribution in [0.25, 0.3) is 0 Å². The normalized spacial score (nSPS) is 11.7. The van der Waals surface area contributed by atoms with Crippen LogP contribution in [0, 0.1) is 0 Å². The van der Waals surface area contributed by atoms with E-state index in [0.717, 1.165) is 0 Å². The average Bonchev–Trinajstić information content (AvgIpc) is 2.73. The van der Waals surface area contributed by atoms with Gasteiger partial charge in [0.05, 0.1) is 17.1 Å².